The van der Waals surface area contributed by atoms with Gasteiger partial charge in [0.1, 0.15) is 5.52 Å². The Morgan fingerprint density at radius 1 is 1.42 bits per heavy atom. The molecule has 1 aromatic carbocycles. The fourth-order valence-corrected chi connectivity index (χ4v) is 2.33. The van der Waals surface area contributed by atoms with Gasteiger partial charge in [-0.05, 0) is 18.6 Å². The maximum atomic E-state index is 11.5. The minimum Gasteiger partial charge on any atom is -0.423 e. The van der Waals surface area contributed by atoms with Crippen molar-refractivity contribution in [2.75, 3.05) is 31.6 Å². The molecule has 1 aliphatic rings. The van der Waals surface area contributed by atoms with Crippen molar-refractivity contribution in [1.29, 1.82) is 0 Å². The largest absolute Gasteiger partial charge is 0.423 e. The molecule has 0 radical (unpaired) electrons. The summed E-state index contributed by atoms with van der Waals surface area (Å²) in [5.41, 5.74) is 1.66. The quantitative estimate of drug-likeness (QED) is 0.841. The van der Waals surface area contributed by atoms with Gasteiger partial charge in [0, 0.05) is 33.1 Å². The lowest BCUT2D eigenvalue weighted by molar-refractivity contribution is -0.127. The summed E-state index contributed by atoms with van der Waals surface area (Å²) in [5, 5.41) is 0. The standard InChI is InChI=1S/C14H17N3O2/c1-16(9-10-17-8-4-7-13(17)18)14-15-11-5-2-3-6-12(11)19-14/h2-3,5-6H,4,7-10H2,1H3. The van der Waals surface area contributed by atoms with Crippen LogP contribution in [0.5, 0.6) is 0 Å². The van der Waals surface area contributed by atoms with E-state index in [0.29, 0.717) is 12.4 Å². The first-order valence-electron chi connectivity index (χ1n) is 6.58. The van der Waals surface area contributed by atoms with Crippen molar-refractivity contribution < 1.29 is 9.21 Å². The summed E-state index contributed by atoms with van der Waals surface area (Å²) in [5.74, 6) is 0.256. The van der Waals surface area contributed by atoms with Crippen LogP contribution in [0, 0.1) is 0 Å². The molecule has 1 fully saturated rings. The molecular weight excluding hydrogens is 242 g/mol. The van der Waals surface area contributed by atoms with E-state index in [9.17, 15) is 4.79 Å². The van der Waals surface area contributed by atoms with E-state index in [4.69, 9.17) is 4.42 Å². The molecule has 1 aromatic heterocycles. The number of nitrogens with zero attached hydrogens (tertiary/aromatic N) is 3. The third kappa shape index (κ3) is 2.41. The van der Waals surface area contributed by atoms with Crippen LogP contribution in [0.1, 0.15) is 12.8 Å². The van der Waals surface area contributed by atoms with Gasteiger partial charge in [0.2, 0.25) is 5.91 Å². The second kappa shape index (κ2) is 4.91. The normalized spacial score (nSPS) is 15.4. The van der Waals surface area contributed by atoms with Crippen molar-refractivity contribution in [2.45, 2.75) is 12.8 Å². The van der Waals surface area contributed by atoms with Gasteiger partial charge in [0.15, 0.2) is 5.58 Å². The highest BCUT2D eigenvalue weighted by atomic mass is 16.4. The van der Waals surface area contributed by atoms with E-state index in [1.54, 1.807) is 0 Å². The first-order valence-corrected chi connectivity index (χ1v) is 6.58. The van der Waals surface area contributed by atoms with Gasteiger partial charge in [-0.2, -0.15) is 4.98 Å². The Balaban J connectivity index is 1.66. The van der Waals surface area contributed by atoms with Crippen LogP contribution in [0.4, 0.5) is 6.01 Å². The number of aromatic nitrogens is 1. The highest BCUT2D eigenvalue weighted by molar-refractivity contribution is 5.78. The van der Waals surface area contributed by atoms with E-state index in [1.807, 2.05) is 41.1 Å². The number of hydrogen-bond acceptors (Lipinski definition) is 4. The number of oxazole rings is 1. The van der Waals surface area contributed by atoms with E-state index < -0.39 is 0 Å². The van der Waals surface area contributed by atoms with Gasteiger partial charge < -0.3 is 14.2 Å². The van der Waals surface area contributed by atoms with Crippen molar-refractivity contribution in [3.05, 3.63) is 24.3 Å². The van der Waals surface area contributed by atoms with Crippen molar-refractivity contribution in [1.82, 2.24) is 9.88 Å². The molecule has 1 aliphatic heterocycles. The number of benzene rings is 1. The Labute approximate surface area is 111 Å². The van der Waals surface area contributed by atoms with Gasteiger partial charge in [0.25, 0.3) is 6.01 Å². The Morgan fingerprint density at radius 2 is 2.26 bits per heavy atom. The summed E-state index contributed by atoms with van der Waals surface area (Å²) < 4.78 is 5.68. The second-order valence-corrected chi connectivity index (χ2v) is 4.87. The summed E-state index contributed by atoms with van der Waals surface area (Å²) in [4.78, 5) is 19.8. The molecule has 0 aliphatic carbocycles. The van der Waals surface area contributed by atoms with Crippen LogP contribution in [0.3, 0.4) is 0 Å². The van der Waals surface area contributed by atoms with Crippen LogP contribution in [0.25, 0.3) is 11.1 Å². The molecule has 0 spiro atoms. The third-order valence-electron chi connectivity index (χ3n) is 3.49. The van der Waals surface area contributed by atoms with Crippen molar-refractivity contribution in [3.8, 4) is 0 Å². The number of amides is 1. The van der Waals surface area contributed by atoms with Gasteiger partial charge >= 0.3 is 0 Å². The van der Waals surface area contributed by atoms with Crippen LogP contribution < -0.4 is 4.90 Å². The average molecular weight is 259 g/mol. The number of likely N-dealkylation sites (tertiary alicyclic amines) is 1. The number of carbonyl (C=O) groups excluding carboxylic acids is 1. The number of para-hydroxylation sites is 2. The Hall–Kier alpha value is -2.04. The lowest BCUT2D eigenvalue weighted by Crippen LogP contribution is -2.34. The topological polar surface area (TPSA) is 49.6 Å². The molecule has 100 valence electrons. The smallest absolute Gasteiger partial charge is 0.298 e. The molecule has 2 heterocycles. The minimum atomic E-state index is 0.256. The van der Waals surface area contributed by atoms with Crippen LogP contribution in [0.15, 0.2) is 28.7 Å². The molecule has 0 N–H and O–H groups in total. The predicted molar refractivity (Wildman–Crippen MR) is 73.1 cm³/mol. The number of carbonyl (C=O) groups is 1. The van der Waals surface area contributed by atoms with Gasteiger partial charge in [-0.25, -0.2) is 0 Å². The maximum absolute atomic E-state index is 11.5. The van der Waals surface area contributed by atoms with E-state index in [1.165, 1.54) is 0 Å². The number of likely N-dealkylation sites (N-methyl/N-ethyl adjacent to an activating group) is 1. The number of anilines is 1. The second-order valence-electron chi connectivity index (χ2n) is 4.87. The zero-order valence-corrected chi connectivity index (χ0v) is 11.0. The molecule has 0 unspecified atom stereocenters. The fourth-order valence-electron chi connectivity index (χ4n) is 2.33. The Kier molecular flexibility index (Phi) is 3.11. The van der Waals surface area contributed by atoms with Gasteiger partial charge in [-0.15, -0.1) is 0 Å². The third-order valence-corrected chi connectivity index (χ3v) is 3.49. The van der Waals surface area contributed by atoms with E-state index in [2.05, 4.69) is 4.98 Å². The SMILES string of the molecule is CN(CCN1CCCC1=O)c1nc2ccccc2o1. The maximum Gasteiger partial charge on any atom is 0.298 e. The zero-order valence-electron chi connectivity index (χ0n) is 11.0. The van der Waals surface area contributed by atoms with Crippen LogP contribution in [-0.2, 0) is 4.79 Å². The molecule has 5 heteroatoms. The van der Waals surface area contributed by atoms with Crippen LogP contribution >= 0.6 is 0 Å². The van der Waals surface area contributed by atoms with Gasteiger partial charge in [0.05, 0.1) is 0 Å². The number of fused-ring (bicyclic) bond motifs is 1. The van der Waals surface area contributed by atoms with Crippen LogP contribution in [0.2, 0.25) is 0 Å². The Morgan fingerprint density at radius 3 is 3.00 bits per heavy atom. The van der Waals surface area contributed by atoms with Crippen LogP contribution in [-0.4, -0.2) is 42.5 Å². The molecule has 5 nitrogen and oxygen atoms in total. The summed E-state index contributed by atoms with van der Waals surface area (Å²) in [6, 6.07) is 8.31. The van der Waals surface area contributed by atoms with Gasteiger partial charge in [-0.1, -0.05) is 12.1 Å². The minimum absolute atomic E-state index is 0.256. The monoisotopic (exact) mass is 259 g/mol. The molecule has 0 atom stereocenters. The molecule has 19 heavy (non-hydrogen) atoms. The highest BCUT2D eigenvalue weighted by Crippen LogP contribution is 2.20. The highest BCUT2D eigenvalue weighted by Gasteiger charge is 2.20. The number of hydrogen-bond donors (Lipinski definition) is 0. The van der Waals surface area contributed by atoms with E-state index in [-0.39, 0.29) is 5.91 Å². The van der Waals surface area contributed by atoms with E-state index in [0.717, 1.165) is 37.2 Å². The molecule has 1 saturated heterocycles. The molecule has 3 rings (SSSR count). The van der Waals surface area contributed by atoms with Crippen molar-refractivity contribution in [3.63, 3.8) is 0 Å². The zero-order chi connectivity index (χ0) is 13.2. The lowest BCUT2D eigenvalue weighted by atomic mass is 10.3. The summed E-state index contributed by atoms with van der Waals surface area (Å²) in [7, 11) is 1.94. The van der Waals surface area contributed by atoms with Crippen molar-refractivity contribution in [2.24, 2.45) is 0 Å². The first kappa shape index (κ1) is 12.0. The average Bonchev–Trinajstić information content (AvgIpc) is 3.01. The Bertz CT molecular complexity index is 560. The fraction of sp³-hybridized carbons (Fsp3) is 0.429. The molecule has 2 aromatic rings. The van der Waals surface area contributed by atoms with Gasteiger partial charge in [-0.3, -0.25) is 4.79 Å². The molecule has 0 bridgehead atoms. The summed E-state index contributed by atoms with van der Waals surface area (Å²) in [6.45, 7) is 2.34. The van der Waals surface area contributed by atoms with Crippen molar-refractivity contribution >= 4 is 23.0 Å². The summed E-state index contributed by atoms with van der Waals surface area (Å²) >= 11 is 0. The lowest BCUT2D eigenvalue weighted by Gasteiger charge is -2.20. The summed E-state index contributed by atoms with van der Waals surface area (Å²) in [6.07, 6.45) is 1.66. The van der Waals surface area contributed by atoms with E-state index >= 15 is 0 Å². The molecule has 1 amide bonds. The first-order chi connectivity index (χ1) is 9.24. The molecular formula is C14H17N3O2. The predicted octanol–water partition coefficient (Wildman–Crippen LogP) is 1.89. The molecule has 0 saturated carbocycles. The number of rotatable bonds is 4.